The van der Waals surface area contributed by atoms with Crippen molar-refractivity contribution in [1.29, 1.82) is 0 Å². The van der Waals surface area contributed by atoms with Crippen LogP contribution < -0.4 is 0 Å². The molecule has 0 bridgehead atoms. The van der Waals surface area contributed by atoms with Crippen LogP contribution >= 0.6 is 47.0 Å². The van der Waals surface area contributed by atoms with Gasteiger partial charge in [0.1, 0.15) is 11.0 Å². The summed E-state index contributed by atoms with van der Waals surface area (Å²) in [6.07, 6.45) is 0. The smallest absolute Gasteiger partial charge is 0.184 e. The third kappa shape index (κ3) is 3.20. The van der Waals surface area contributed by atoms with Gasteiger partial charge in [-0.25, -0.2) is 4.68 Å². The Kier molecular flexibility index (Phi) is 4.21. The molecule has 0 fully saturated rings. The molecule has 8 heteroatoms. The first-order valence-electron chi connectivity index (χ1n) is 6.79. The normalized spacial score (nSPS) is 11.1. The van der Waals surface area contributed by atoms with Crippen molar-refractivity contribution < 1.29 is 0 Å². The molecule has 4 aromatic rings. The molecule has 0 unspecified atom stereocenters. The van der Waals surface area contributed by atoms with Gasteiger partial charge in [-0.05, 0) is 42.0 Å². The number of nitrogens with zero attached hydrogens (tertiary/aromatic N) is 4. The highest BCUT2D eigenvalue weighted by atomic mass is 32.2. The summed E-state index contributed by atoms with van der Waals surface area (Å²) in [4.78, 5) is 0. The van der Waals surface area contributed by atoms with E-state index in [2.05, 4.69) is 26.0 Å². The van der Waals surface area contributed by atoms with Gasteiger partial charge in [-0.1, -0.05) is 47.4 Å². The van der Waals surface area contributed by atoms with Gasteiger partial charge < -0.3 is 0 Å². The summed E-state index contributed by atoms with van der Waals surface area (Å²) in [6.45, 7) is 0. The monoisotopic (exact) mass is 374 g/mol. The van der Waals surface area contributed by atoms with Crippen LogP contribution in [0.3, 0.4) is 0 Å². The molecular weight excluding hydrogens is 364 g/mol. The summed E-state index contributed by atoms with van der Waals surface area (Å²) in [7, 11) is 0. The highest BCUT2D eigenvalue weighted by Crippen LogP contribution is 2.28. The molecule has 4 rings (SSSR count). The second kappa shape index (κ2) is 6.48. The molecule has 2 heterocycles. The topological polar surface area (TPSA) is 43.6 Å². The summed E-state index contributed by atoms with van der Waals surface area (Å²) in [5.74, 6) is 0.838. The van der Waals surface area contributed by atoms with Crippen LogP contribution in [0.1, 0.15) is 5.56 Å². The number of thioether (sulfide) groups is 1. The average Bonchev–Trinajstić information content (AvgIpc) is 3.19. The van der Waals surface area contributed by atoms with E-state index in [0.29, 0.717) is 0 Å². The highest BCUT2D eigenvalue weighted by Gasteiger charge is 2.07. The molecule has 0 atom stereocenters. The van der Waals surface area contributed by atoms with Crippen molar-refractivity contribution in [2.45, 2.75) is 10.1 Å². The van der Waals surface area contributed by atoms with E-state index in [1.54, 1.807) is 11.8 Å². The van der Waals surface area contributed by atoms with Crippen molar-refractivity contribution in [2.75, 3.05) is 0 Å². The Hall–Kier alpha value is -1.61. The first kappa shape index (κ1) is 14.9. The minimum absolute atomic E-state index is 0.762. The third-order valence-corrected chi connectivity index (χ3v) is 6.20. The molecule has 2 aromatic carbocycles. The van der Waals surface area contributed by atoms with E-state index in [4.69, 9.17) is 12.2 Å². The standard InChI is InChI=1S/C15H10N4S4/c20-15-19(11-4-2-1-3-5-11)16-14(22-15)21-9-10-6-7-12-13(8-10)18-23-17-12/h1-8H,9H2. The van der Waals surface area contributed by atoms with Crippen LogP contribution in [-0.2, 0) is 5.75 Å². The lowest BCUT2D eigenvalue weighted by Gasteiger charge is -2.00. The fourth-order valence-corrected chi connectivity index (χ4v) is 4.94. The van der Waals surface area contributed by atoms with Crippen LogP contribution in [0, 0.1) is 3.95 Å². The van der Waals surface area contributed by atoms with Gasteiger partial charge in [0.15, 0.2) is 8.29 Å². The first-order valence-corrected chi connectivity index (χ1v) is 9.73. The number of para-hydroxylation sites is 1. The molecule has 0 aliphatic carbocycles. The predicted octanol–water partition coefficient (Wildman–Crippen LogP) is 4.96. The molecular formula is C15H10N4S4. The summed E-state index contributed by atoms with van der Waals surface area (Å²) in [5, 5.41) is 4.62. The van der Waals surface area contributed by atoms with E-state index in [-0.39, 0.29) is 0 Å². The van der Waals surface area contributed by atoms with Crippen molar-refractivity contribution in [3.8, 4) is 5.69 Å². The number of hydrogen-bond acceptors (Lipinski definition) is 7. The Balaban J connectivity index is 1.54. The van der Waals surface area contributed by atoms with Gasteiger partial charge in [0, 0.05) is 5.75 Å². The SMILES string of the molecule is S=c1sc(SCc2ccc3nsnc3c2)nn1-c1ccccc1. The number of fused-ring (bicyclic) bond motifs is 1. The average molecular weight is 375 g/mol. The second-order valence-electron chi connectivity index (χ2n) is 4.76. The maximum Gasteiger partial charge on any atom is 0.184 e. The van der Waals surface area contributed by atoms with Gasteiger partial charge >= 0.3 is 0 Å². The van der Waals surface area contributed by atoms with Crippen molar-refractivity contribution >= 4 is 58.1 Å². The van der Waals surface area contributed by atoms with Gasteiger partial charge in [-0.3, -0.25) is 0 Å². The predicted molar refractivity (Wildman–Crippen MR) is 99.3 cm³/mol. The summed E-state index contributed by atoms with van der Waals surface area (Å²) >= 11 is 9.90. The Labute approximate surface area is 150 Å². The van der Waals surface area contributed by atoms with E-state index in [9.17, 15) is 0 Å². The summed E-state index contributed by atoms with van der Waals surface area (Å²) < 4.78 is 12.0. The van der Waals surface area contributed by atoms with E-state index in [1.807, 2.05) is 41.1 Å². The lowest BCUT2D eigenvalue weighted by molar-refractivity contribution is 0.829. The van der Waals surface area contributed by atoms with Crippen LogP contribution in [0.2, 0.25) is 0 Å². The number of hydrogen-bond donors (Lipinski definition) is 0. The minimum Gasteiger partial charge on any atom is -0.211 e. The van der Waals surface area contributed by atoms with Crippen LogP contribution in [0.4, 0.5) is 0 Å². The maximum atomic E-state index is 5.43. The molecule has 0 aliphatic rings. The van der Waals surface area contributed by atoms with Crippen LogP contribution in [-0.4, -0.2) is 18.5 Å². The van der Waals surface area contributed by atoms with E-state index >= 15 is 0 Å². The van der Waals surface area contributed by atoms with Gasteiger partial charge in [-0.15, -0.1) is 5.10 Å². The van der Waals surface area contributed by atoms with Gasteiger partial charge in [0.05, 0.1) is 17.4 Å². The molecule has 0 saturated carbocycles. The zero-order valence-corrected chi connectivity index (χ0v) is 15.0. The van der Waals surface area contributed by atoms with E-state index in [0.717, 1.165) is 30.8 Å². The number of aromatic nitrogens is 4. The molecule has 0 aliphatic heterocycles. The van der Waals surface area contributed by atoms with Crippen LogP contribution in [0.15, 0.2) is 52.9 Å². The highest BCUT2D eigenvalue weighted by molar-refractivity contribution is 8.00. The van der Waals surface area contributed by atoms with E-state index in [1.165, 1.54) is 28.6 Å². The van der Waals surface area contributed by atoms with Crippen LogP contribution in [0.25, 0.3) is 16.7 Å². The fraction of sp³-hybridized carbons (Fsp3) is 0.0667. The Morgan fingerprint density at radius 2 is 1.87 bits per heavy atom. The molecule has 23 heavy (non-hydrogen) atoms. The van der Waals surface area contributed by atoms with Crippen LogP contribution in [0.5, 0.6) is 0 Å². The summed E-state index contributed by atoms with van der Waals surface area (Å²) in [6, 6.07) is 16.2. The lowest BCUT2D eigenvalue weighted by atomic mass is 10.2. The summed E-state index contributed by atoms with van der Waals surface area (Å²) in [5.41, 5.74) is 4.11. The molecule has 0 N–H and O–H groups in total. The molecule has 0 spiro atoms. The third-order valence-electron chi connectivity index (χ3n) is 3.21. The molecule has 4 nitrogen and oxygen atoms in total. The Bertz CT molecular complexity index is 1000. The molecule has 0 amide bonds. The van der Waals surface area contributed by atoms with Crippen molar-refractivity contribution in [1.82, 2.24) is 18.5 Å². The Morgan fingerprint density at radius 3 is 2.74 bits per heavy atom. The molecule has 2 aromatic heterocycles. The van der Waals surface area contributed by atoms with Gasteiger partial charge in [0.2, 0.25) is 0 Å². The Morgan fingerprint density at radius 1 is 1.04 bits per heavy atom. The maximum absolute atomic E-state index is 5.43. The van der Waals surface area contributed by atoms with Gasteiger partial charge in [0.25, 0.3) is 0 Å². The fourth-order valence-electron chi connectivity index (χ4n) is 2.11. The zero-order chi connectivity index (χ0) is 15.6. The zero-order valence-electron chi connectivity index (χ0n) is 11.7. The molecule has 114 valence electrons. The lowest BCUT2D eigenvalue weighted by Crippen LogP contribution is -1.95. The number of benzene rings is 2. The van der Waals surface area contributed by atoms with Crippen molar-refractivity contribution in [3.05, 3.63) is 58.0 Å². The van der Waals surface area contributed by atoms with Crippen molar-refractivity contribution in [3.63, 3.8) is 0 Å². The quantitative estimate of drug-likeness (QED) is 0.373. The number of rotatable bonds is 4. The second-order valence-corrected chi connectivity index (χ2v) is 8.13. The molecule has 0 saturated heterocycles. The van der Waals surface area contributed by atoms with E-state index < -0.39 is 0 Å². The van der Waals surface area contributed by atoms with Crippen molar-refractivity contribution in [2.24, 2.45) is 0 Å². The molecule has 0 radical (unpaired) electrons. The van der Waals surface area contributed by atoms with Gasteiger partial charge in [-0.2, -0.15) is 8.75 Å². The first-order chi connectivity index (χ1) is 11.3. The largest absolute Gasteiger partial charge is 0.211 e. The minimum atomic E-state index is 0.762.